The fraction of sp³-hybridized carbons (Fsp3) is 0.269. The number of aryl methyl sites for hydroxylation is 3. The molecule has 0 saturated carbocycles. The number of ether oxygens (including phenoxy) is 3. The van der Waals surface area contributed by atoms with Gasteiger partial charge >= 0.3 is 0 Å². The van der Waals surface area contributed by atoms with Crippen LogP contribution in [-0.2, 0) is 13.7 Å². The summed E-state index contributed by atoms with van der Waals surface area (Å²) in [6, 6.07) is 12.0. The lowest BCUT2D eigenvalue weighted by Gasteiger charge is -2.21. The largest absolute Gasteiger partial charge is 0.497 e. The van der Waals surface area contributed by atoms with E-state index in [0.29, 0.717) is 41.0 Å². The third-order valence-electron chi connectivity index (χ3n) is 5.76. The zero-order chi connectivity index (χ0) is 24.9. The molecule has 9 heteroatoms. The van der Waals surface area contributed by atoms with Gasteiger partial charge in [0.1, 0.15) is 41.5 Å². The Morgan fingerprint density at radius 1 is 1.09 bits per heavy atom. The van der Waals surface area contributed by atoms with Gasteiger partial charge < -0.3 is 28.6 Å². The zero-order valence-corrected chi connectivity index (χ0v) is 20.4. The first kappa shape index (κ1) is 23.9. The van der Waals surface area contributed by atoms with E-state index in [4.69, 9.17) is 18.7 Å². The number of nitrogens with one attached hydrogen (secondary N) is 1. The van der Waals surface area contributed by atoms with Gasteiger partial charge in [0.25, 0.3) is 5.91 Å². The van der Waals surface area contributed by atoms with E-state index in [-0.39, 0.29) is 5.91 Å². The van der Waals surface area contributed by atoms with Crippen LogP contribution in [0.15, 0.2) is 59.4 Å². The standard InChI is InChI=1S/C26H28N4O5/c1-16-23(17(2)35-29-16)15-34-20-8-6-7-18(11-20)26(31)28-24(25-27-9-10-30(25)3)19-12-21(32-4)14-22(13-19)33-5/h6-14,24H,15H2,1-5H3,(H,28,31). The molecule has 0 radical (unpaired) electrons. The van der Waals surface area contributed by atoms with Crippen LogP contribution in [0.3, 0.4) is 0 Å². The average molecular weight is 477 g/mol. The van der Waals surface area contributed by atoms with Crippen molar-refractivity contribution in [1.29, 1.82) is 0 Å². The van der Waals surface area contributed by atoms with Crippen molar-refractivity contribution in [2.75, 3.05) is 14.2 Å². The Morgan fingerprint density at radius 3 is 2.43 bits per heavy atom. The number of benzene rings is 2. The normalized spacial score (nSPS) is 11.7. The monoisotopic (exact) mass is 476 g/mol. The summed E-state index contributed by atoms with van der Waals surface area (Å²) < 4.78 is 23.8. The number of rotatable bonds is 9. The molecule has 4 rings (SSSR count). The van der Waals surface area contributed by atoms with Gasteiger partial charge in [-0.2, -0.15) is 0 Å². The van der Waals surface area contributed by atoms with Crippen LogP contribution < -0.4 is 19.5 Å². The van der Waals surface area contributed by atoms with Crippen LogP contribution in [-0.4, -0.2) is 34.8 Å². The molecule has 0 aliphatic carbocycles. The second kappa shape index (κ2) is 10.3. The summed E-state index contributed by atoms with van der Waals surface area (Å²) in [5.41, 5.74) is 2.90. The van der Waals surface area contributed by atoms with Gasteiger partial charge in [-0.05, 0) is 49.7 Å². The van der Waals surface area contributed by atoms with E-state index in [1.165, 1.54) is 0 Å². The van der Waals surface area contributed by atoms with Crippen molar-refractivity contribution in [1.82, 2.24) is 20.0 Å². The SMILES string of the molecule is COc1cc(OC)cc(C(NC(=O)c2cccc(OCc3c(C)noc3C)c2)c2nccn2C)c1. The number of aromatic nitrogens is 3. The molecule has 0 aliphatic heterocycles. The highest BCUT2D eigenvalue weighted by Gasteiger charge is 2.23. The predicted molar refractivity (Wildman–Crippen MR) is 129 cm³/mol. The molecule has 0 bridgehead atoms. The fourth-order valence-corrected chi connectivity index (χ4v) is 3.75. The lowest BCUT2D eigenvalue weighted by atomic mass is 10.0. The summed E-state index contributed by atoms with van der Waals surface area (Å²) in [7, 11) is 5.05. The minimum Gasteiger partial charge on any atom is -0.497 e. The molecular formula is C26H28N4O5. The smallest absolute Gasteiger partial charge is 0.252 e. The number of amides is 1. The van der Waals surface area contributed by atoms with E-state index in [1.54, 1.807) is 50.7 Å². The summed E-state index contributed by atoms with van der Waals surface area (Å²) in [4.78, 5) is 17.8. The highest BCUT2D eigenvalue weighted by molar-refractivity contribution is 5.95. The maximum Gasteiger partial charge on any atom is 0.252 e. The number of hydrogen-bond acceptors (Lipinski definition) is 7. The number of hydrogen-bond donors (Lipinski definition) is 1. The summed E-state index contributed by atoms with van der Waals surface area (Å²) in [5.74, 6) is 2.89. The highest BCUT2D eigenvalue weighted by Crippen LogP contribution is 2.30. The first-order valence-electron chi connectivity index (χ1n) is 11.0. The van der Waals surface area contributed by atoms with Crippen LogP contribution in [0.4, 0.5) is 0 Å². The molecule has 0 saturated heterocycles. The van der Waals surface area contributed by atoms with Gasteiger partial charge in [0, 0.05) is 31.1 Å². The lowest BCUT2D eigenvalue weighted by molar-refractivity contribution is 0.0940. The molecule has 9 nitrogen and oxygen atoms in total. The Morgan fingerprint density at radius 2 is 1.83 bits per heavy atom. The molecule has 2 aromatic heterocycles. The van der Waals surface area contributed by atoms with E-state index < -0.39 is 6.04 Å². The lowest BCUT2D eigenvalue weighted by Crippen LogP contribution is -2.31. The molecule has 0 aliphatic rings. The quantitative estimate of drug-likeness (QED) is 0.387. The summed E-state index contributed by atoms with van der Waals surface area (Å²) >= 11 is 0. The van der Waals surface area contributed by atoms with Gasteiger partial charge in [-0.25, -0.2) is 4.98 Å². The van der Waals surface area contributed by atoms with Crippen molar-refractivity contribution in [3.63, 3.8) is 0 Å². The van der Waals surface area contributed by atoms with E-state index in [1.807, 2.05) is 43.8 Å². The van der Waals surface area contributed by atoms with Crippen LogP contribution in [0.25, 0.3) is 0 Å². The van der Waals surface area contributed by atoms with Gasteiger partial charge in [-0.15, -0.1) is 0 Å². The second-order valence-corrected chi connectivity index (χ2v) is 8.07. The first-order valence-corrected chi connectivity index (χ1v) is 11.0. The Hall–Kier alpha value is -4.27. The average Bonchev–Trinajstić information content (AvgIpc) is 3.44. The number of carbonyl (C=O) groups is 1. The molecule has 2 heterocycles. The van der Waals surface area contributed by atoms with E-state index in [2.05, 4.69) is 15.5 Å². The second-order valence-electron chi connectivity index (χ2n) is 8.07. The molecule has 1 atom stereocenters. The Labute approximate surface area is 203 Å². The highest BCUT2D eigenvalue weighted by atomic mass is 16.5. The Balaban J connectivity index is 1.59. The van der Waals surface area contributed by atoms with Crippen LogP contribution in [0.1, 0.15) is 44.8 Å². The van der Waals surface area contributed by atoms with Crippen molar-refractivity contribution in [3.8, 4) is 17.2 Å². The molecule has 1 unspecified atom stereocenters. The molecule has 182 valence electrons. The van der Waals surface area contributed by atoms with Crippen LogP contribution >= 0.6 is 0 Å². The van der Waals surface area contributed by atoms with Crippen LogP contribution in [0.5, 0.6) is 17.2 Å². The molecule has 0 fully saturated rings. The number of imidazole rings is 1. The summed E-state index contributed by atoms with van der Waals surface area (Å²) in [6.45, 7) is 4.00. The zero-order valence-electron chi connectivity index (χ0n) is 20.4. The molecule has 35 heavy (non-hydrogen) atoms. The van der Waals surface area contributed by atoms with Crippen molar-refractivity contribution in [2.24, 2.45) is 7.05 Å². The molecule has 0 spiro atoms. The van der Waals surface area contributed by atoms with Gasteiger partial charge in [0.2, 0.25) is 0 Å². The van der Waals surface area contributed by atoms with Gasteiger partial charge in [0.15, 0.2) is 0 Å². The van der Waals surface area contributed by atoms with Crippen molar-refractivity contribution in [3.05, 3.63) is 88.8 Å². The molecular weight excluding hydrogens is 448 g/mol. The third-order valence-corrected chi connectivity index (χ3v) is 5.76. The summed E-state index contributed by atoms with van der Waals surface area (Å²) in [6.07, 6.45) is 3.52. The topological polar surface area (TPSA) is 101 Å². The number of nitrogens with zero attached hydrogens (tertiary/aromatic N) is 3. The van der Waals surface area contributed by atoms with Crippen LogP contribution in [0, 0.1) is 13.8 Å². The predicted octanol–water partition coefficient (Wildman–Crippen LogP) is 4.14. The molecule has 4 aromatic rings. The number of methoxy groups -OCH3 is 2. The summed E-state index contributed by atoms with van der Waals surface area (Å²) in [5, 5.41) is 7.04. The minimum absolute atomic E-state index is 0.275. The van der Waals surface area contributed by atoms with Crippen molar-refractivity contribution < 1.29 is 23.5 Å². The first-order chi connectivity index (χ1) is 16.9. The Bertz CT molecular complexity index is 1290. The maximum absolute atomic E-state index is 13.3. The minimum atomic E-state index is -0.543. The molecule has 1 amide bonds. The third kappa shape index (κ3) is 5.29. The van der Waals surface area contributed by atoms with Gasteiger partial charge in [-0.3, -0.25) is 4.79 Å². The number of carbonyl (C=O) groups excluding carboxylic acids is 1. The van der Waals surface area contributed by atoms with E-state index in [9.17, 15) is 4.79 Å². The Kier molecular flexibility index (Phi) is 7.05. The fourth-order valence-electron chi connectivity index (χ4n) is 3.75. The van der Waals surface area contributed by atoms with E-state index >= 15 is 0 Å². The van der Waals surface area contributed by atoms with Crippen molar-refractivity contribution in [2.45, 2.75) is 26.5 Å². The van der Waals surface area contributed by atoms with Crippen LogP contribution in [0.2, 0.25) is 0 Å². The molecule has 1 N–H and O–H groups in total. The van der Waals surface area contributed by atoms with Gasteiger partial charge in [0.05, 0.1) is 25.5 Å². The van der Waals surface area contributed by atoms with E-state index in [0.717, 1.165) is 16.8 Å². The maximum atomic E-state index is 13.3. The van der Waals surface area contributed by atoms with Crippen molar-refractivity contribution >= 4 is 5.91 Å². The van der Waals surface area contributed by atoms with Gasteiger partial charge in [-0.1, -0.05) is 11.2 Å². The molecule has 2 aromatic carbocycles.